The lowest BCUT2D eigenvalue weighted by Gasteiger charge is -2.26. The molecule has 0 aliphatic carbocycles. The Bertz CT molecular complexity index is 715. The number of nitrogens with one attached hydrogen (secondary N) is 1. The maximum absolute atomic E-state index is 5.64. The van der Waals surface area contributed by atoms with E-state index in [2.05, 4.69) is 56.4 Å². The molecule has 1 aromatic carbocycles. The Morgan fingerprint density at radius 1 is 1.21 bits per heavy atom. The molecule has 0 bridgehead atoms. The van der Waals surface area contributed by atoms with Crippen LogP contribution in [0.25, 0.3) is 0 Å². The zero-order valence-electron chi connectivity index (χ0n) is 15.2. The van der Waals surface area contributed by atoms with E-state index in [1.54, 1.807) is 0 Å². The summed E-state index contributed by atoms with van der Waals surface area (Å²) < 4.78 is 13.1. The lowest BCUT2D eigenvalue weighted by Crippen LogP contribution is -2.35. The molecule has 1 fully saturated rings. The van der Waals surface area contributed by atoms with Gasteiger partial charge in [-0.1, -0.05) is 12.1 Å². The fourth-order valence-electron chi connectivity index (χ4n) is 3.04. The molecule has 130 valence electrons. The van der Waals surface area contributed by atoms with Crippen LogP contribution >= 0.6 is 0 Å². The first-order chi connectivity index (χ1) is 11.4. The van der Waals surface area contributed by atoms with Gasteiger partial charge in [0.25, 0.3) is 0 Å². The number of aromatic nitrogens is 2. The third-order valence-corrected chi connectivity index (χ3v) is 4.75. The molecule has 24 heavy (non-hydrogen) atoms. The van der Waals surface area contributed by atoms with Gasteiger partial charge in [0.05, 0.1) is 19.4 Å². The fraction of sp³-hybridized carbons (Fsp3) is 0.526. The van der Waals surface area contributed by atoms with E-state index in [1.807, 2.05) is 17.9 Å². The molecule has 0 unspecified atom stereocenters. The SMILES string of the molecule is Cc1cc(C2OCCO2)c(C)cc1CNC(C)(C)c1cnn(C)c1. The fourth-order valence-corrected chi connectivity index (χ4v) is 3.04. The first kappa shape index (κ1) is 17.1. The van der Waals surface area contributed by atoms with Gasteiger partial charge in [0, 0.05) is 36.5 Å². The molecule has 0 amide bonds. The number of ether oxygens (including phenoxy) is 2. The van der Waals surface area contributed by atoms with Crippen molar-refractivity contribution in [1.29, 1.82) is 0 Å². The molecule has 3 rings (SSSR count). The van der Waals surface area contributed by atoms with Gasteiger partial charge >= 0.3 is 0 Å². The van der Waals surface area contributed by atoms with Crippen LogP contribution < -0.4 is 5.32 Å². The molecule has 1 aliphatic rings. The van der Waals surface area contributed by atoms with E-state index in [-0.39, 0.29) is 11.8 Å². The second-order valence-corrected chi connectivity index (χ2v) is 7.09. The third kappa shape index (κ3) is 3.53. The molecule has 0 atom stereocenters. The summed E-state index contributed by atoms with van der Waals surface area (Å²) in [4.78, 5) is 0. The minimum atomic E-state index is -0.211. The molecule has 2 heterocycles. The Morgan fingerprint density at radius 3 is 2.54 bits per heavy atom. The van der Waals surface area contributed by atoms with E-state index in [4.69, 9.17) is 9.47 Å². The number of benzene rings is 1. The monoisotopic (exact) mass is 329 g/mol. The van der Waals surface area contributed by atoms with Gasteiger partial charge in [-0.3, -0.25) is 4.68 Å². The number of aryl methyl sites for hydroxylation is 3. The topological polar surface area (TPSA) is 48.3 Å². The zero-order chi connectivity index (χ0) is 17.3. The van der Waals surface area contributed by atoms with E-state index in [9.17, 15) is 0 Å². The standard InChI is InChI=1S/C19H27N3O2/c1-13-9-17(18-23-6-7-24-18)14(2)8-15(13)10-20-19(3,4)16-11-21-22(5)12-16/h8-9,11-12,18,20H,6-7,10H2,1-5H3. The highest BCUT2D eigenvalue weighted by Crippen LogP contribution is 2.29. The molecular weight excluding hydrogens is 302 g/mol. The van der Waals surface area contributed by atoms with E-state index in [0.717, 1.165) is 12.1 Å². The maximum atomic E-state index is 5.64. The van der Waals surface area contributed by atoms with Crippen LogP contribution in [0.4, 0.5) is 0 Å². The van der Waals surface area contributed by atoms with Crippen molar-refractivity contribution in [3.8, 4) is 0 Å². The van der Waals surface area contributed by atoms with Crippen molar-refractivity contribution < 1.29 is 9.47 Å². The van der Waals surface area contributed by atoms with Crippen LogP contribution in [0, 0.1) is 13.8 Å². The van der Waals surface area contributed by atoms with Crippen molar-refractivity contribution in [1.82, 2.24) is 15.1 Å². The zero-order valence-corrected chi connectivity index (χ0v) is 15.2. The minimum Gasteiger partial charge on any atom is -0.346 e. The quantitative estimate of drug-likeness (QED) is 0.916. The van der Waals surface area contributed by atoms with Crippen LogP contribution in [-0.4, -0.2) is 23.0 Å². The Kier molecular flexibility index (Phi) is 4.76. The van der Waals surface area contributed by atoms with Gasteiger partial charge in [-0.2, -0.15) is 5.10 Å². The van der Waals surface area contributed by atoms with Crippen molar-refractivity contribution >= 4 is 0 Å². The second-order valence-electron chi connectivity index (χ2n) is 7.09. The molecule has 0 spiro atoms. The molecule has 1 aliphatic heterocycles. The lowest BCUT2D eigenvalue weighted by atomic mass is 9.95. The second kappa shape index (κ2) is 6.67. The van der Waals surface area contributed by atoms with Crippen LogP contribution in [0.2, 0.25) is 0 Å². The average molecular weight is 329 g/mol. The normalized spacial score (nSPS) is 16.0. The highest BCUT2D eigenvalue weighted by molar-refractivity contribution is 5.38. The molecule has 2 aromatic rings. The lowest BCUT2D eigenvalue weighted by molar-refractivity contribution is -0.0445. The van der Waals surface area contributed by atoms with Gasteiger partial charge in [-0.05, 0) is 44.4 Å². The Hall–Kier alpha value is -1.69. The van der Waals surface area contributed by atoms with Crippen molar-refractivity contribution in [2.75, 3.05) is 13.2 Å². The summed E-state index contributed by atoms with van der Waals surface area (Å²) in [5.74, 6) is 0. The van der Waals surface area contributed by atoms with Gasteiger partial charge in [0.2, 0.25) is 0 Å². The highest BCUT2D eigenvalue weighted by atomic mass is 16.7. The Labute approximate surface area is 144 Å². The first-order valence-corrected chi connectivity index (χ1v) is 8.44. The molecule has 0 saturated carbocycles. The first-order valence-electron chi connectivity index (χ1n) is 8.44. The smallest absolute Gasteiger partial charge is 0.184 e. The van der Waals surface area contributed by atoms with Crippen LogP contribution in [0.1, 0.15) is 48.0 Å². The molecule has 1 N–H and O–H groups in total. The summed E-state index contributed by atoms with van der Waals surface area (Å²) in [6.45, 7) is 10.8. The maximum Gasteiger partial charge on any atom is 0.184 e. The largest absolute Gasteiger partial charge is 0.346 e. The van der Waals surface area contributed by atoms with Gasteiger partial charge in [0.15, 0.2) is 6.29 Å². The van der Waals surface area contributed by atoms with Gasteiger partial charge in [-0.15, -0.1) is 0 Å². The number of hydrogen-bond donors (Lipinski definition) is 1. The van der Waals surface area contributed by atoms with Crippen LogP contribution in [0.15, 0.2) is 24.5 Å². The molecule has 1 saturated heterocycles. The number of hydrogen-bond acceptors (Lipinski definition) is 4. The van der Waals surface area contributed by atoms with E-state index in [1.165, 1.54) is 22.3 Å². The Balaban J connectivity index is 1.74. The third-order valence-electron chi connectivity index (χ3n) is 4.75. The van der Waals surface area contributed by atoms with Gasteiger partial charge < -0.3 is 14.8 Å². The van der Waals surface area contributed by atoms with Crippen LogP contribution in [0.3, 0.4) is 0 Å². The number of rotatable bonds is 5. The minimum absolute atomic E-state index is 0.134. The van der Waals surface area contributed by atoms with Crippen molar-refractivity contribution in [2.45, 2.75) is 46.1 Å². The van der Waals surface area contributed by atoms with Crippen molar-refractivity contribution in [3.05, 3.63) is 52.3 Å². The summed E-state index contributed by atoms with van der Waals surface area (Å²) in [7, 11) is 1.94. The van der Waals surface area contributed by atoms with Crippen LogP contribution in [-0.2, 0) is 28.6 Å². The van der Waals surface area contributed by atoms with E-state index < -0.39 is 0 Å². The molecular formula is C19H27N3O2. The van der Waals surface area contributed by atoms with E-state index in [0.29, 0.717) is 13.2 Å². The summed E-state index contributed by atoms with van der Waals surface area (Å²) in [6, 6.07) is 4.43. The number of nitrogens with zero attached hydrogens (tertiary/aromatic N) is 2. The predicted octanol–water partition coefficient (Wildman–Crippen LogP) is 3.11. The van der Waals surface area contributed by atoms with Crippen molar-refractivity contribution in [3.63, 3.8) is 0 Å². The van der Waals surface area contributed by atoms with Gasteiger partial charge in [0.1, 0.15) is 0 Å². The molecule has 1 aromatic heterocycles. The molecule has 5 heteroatoms. The van der Waals surface area contributed by atoms with Gasteiger partial charge in [-0.25, -0.2) is 0 Å². The predicted molar refractivity (Wildman–Crippen MR) is 93.6 cm³/mol. The van der Waals surface area contributed by atoms with Crippen molar-refractivity contribution in [2.24, 2.45) is 7.05 Å². The summed E-state index contributed by atoms with van der Waals surface area (Å²) >= 11 is 0. The van der Waals surface area contributed by atoms with Crippen LogP contribution in [0.5, 0.6) is 0 Å². The summed E-state index contributed by atoms with van der Waals surface area (Å²) in [5, 5.41) is 7.92. The molecule has 0 radical (unpaired) electrons. The molecule has 5 nitrogen and oxygen atoms in total. The van der Waals surface area contributed by atoms with E-state index >= 15 is 0 Å². The summed E-state index contributed by atoms with van der Waals surface area (Å²) in [5.41, 5.74) is 5.95. The highest BCUT2D eigenvalue weighted by Gasteiger charge is 2.23. The average Bonchev–Trinajstić information content (AvgIpc) is 3.19. The summed E-state index contributed by atoms with van der Waals surface area (Å²) in [6.07, 6.45) is 3.77. The Morgan fingerprint density at radius 2 is 1.92 bits per heavy atom.